The van der Waals surface area contributed by atoms with E-state index in [1.54, 1.807) is 12.3 Å². The van der Waals surface area contributed by atoms with Crippen LogP contribution in [-0.2, 0) is 4.74 Å². The van der Waals surface area contributed by atoms with Crippen LogP contribution in [0.15, 0.2) is 45.1 Å². The standard InChI is InChI=1S/C12H10BrN3O2S/c1-18-12(17)7-5-10(16-6-9(7)14)19-11-8(13)3-2-4-15-11/h2-6H,14H2,1H3. The summed E-state index contributed by atoms with van der Waals surface area (Å²) in [4.78, 5) is 19.9. The molecule has 5 nitrogen and oxygen atoms in total. The molecule has 7 heteroatoms. The maximum Gasteiger partial charge on any atom is 0.340 e. The van der Waals surface area contributed by atoms with Gasteiger partial charge in [-0.1, -0.05) is 0 Å². The van der Waals surface area contributed by atoms with E-state index in [0.717, 1.165) is 9.50 Å². The highest BCUT2D eigenvalue weighted by atomic mass is 79.9. The van der Waals surface area contributed by atoms with Crippen LogP contribution in [-0.4, -0.2) is 23.0 Å². The second-order valence-corrected chi connectivity index (χ2v) is 5.36. The maximum absolute atomic E-state index is 11.5. The van der Waals surface area contributed by atoms with Crippen LogP contribution in [0.1, 0.15) is 10.4 Å². The highest BCUT2D eigenvalue weighted by Crippen LogP contribution is 2.31. The van der Waals surface area contributed by atoms with Gasteiger partial charge in [0.15, 0.2) is 0 Å². The fourth-order valence-corrected chi connectivity index (χ4v) is 2.59. The normalized spacial score (nSPS) is 10.2. The lowest BCUT2D eigenvalue weighted by Gasteiger charge is -2.06. The summed E-state index contributed by atoms with van der Waals surface area (Å²) in [5, 5.41) is 1.38. The molecular weight excluding hydrogens is 330 g/mol. The lowest BCUT2D eigenvalue weighted by atomic mass is 10.2. The summed E-state index contributed by atoms with van der Waals surface area (Å²) >= 11 is 4.73. The summed E-state index contributed by atoms with van der Waals surface area (Å²) in [6, 6.07) is 5.30. The second kappa shape index (κ2) is 6.03. The SMILES string of the molecule is COC(=O)c1cc(Sc2ncccc2Br)ncc1N. The van der Waals surface area contributed by atoms with Crippen molar-refractivity contribution in [1.29, 1.82) is 0 Å². The quantitative estimate of drug-likeness (QED) is 0.866. The number of carbonyl (C=O) groups is 1. The van der Waals surface area contributed by atoms with Gasteiger partial charge < -0.3 is 10.5 Å². The van der Waals surface area contributed by atoms with Crippen molar-refractivity contribution in [3.63, 3.8) is 0 Å². The van der Waals surface area contributed by atoms with Crippen molar-refractivity contribution in [3.05, 3.63) is 40.6 Å². The van der Waals surface area contributed by atoms with Crippen LogP contribution in [0.4, 0.5) is 5.69 Å². The Balaban J connectivity index is 2.32. The molecule has 0 spiro atoms. The minimum absolute atomic E-state index is 0.288. The van der Waals surface area contributed by atoms with Gasteiger partial charge in [0.25, 0.3) is 0 Å². The third kappa shape index (κ3) is 3.24. The zero-order valence-corrected chi connectivity index (χ0v) is 12.4. The number of rotatable bonds is 3. The van der Waals surface area contributed by atoms with Crippen LogP contribution in [0.5, 0.6) is 0 Å². The van der Waals surface area contributed by atoms with E-state index in [1.807, 2.05) is 12.1 Å². The average molecular weight is 340 g/mol. The van der Waals surface area contributed by atoms with E-state index in [4.69, 9.17) is 5.73 Å². The van der Waals surface area contributed by atoms with Gasteiger partial charge in [-0.2, -0.15) is 0 Å². The van der Waals surface area contributed by atoms with E-state index in [0.29, 0.717) is 10.6 Å². The Morgan fingerprint density at radius 1 is 1.47 bits per heavy atom. The van der Waals surface area contributed by atoms with Gasteiger partial charge in [0.2, 0.25) is 0 Å². The summed E-state index contributed by atoms with van der Waals surface area (Å²) in [6.07, 6.45) is 3.12. The van der Waals surface area contributed by atoms with Crippen LogP contribution in [0, 0.1) is 0 Å². The molecule has 2 N–H and O–H groups in total. The monoisotopic (exact) mass is 339 g/mol. The Hall–Kier alpha value is -1.60. The van der Waals surface area contributed by atoms with E-state index in [9.17, 15) is 4.79 Å². The van der Waals surface area contributed by atoms with E-state index in [2.05, 4.69) is 30.6 Å². The number of hydrogen-bond donors (Lipinski definition) is 1. The van der Waals surface area contributed by atoms with Crippen molar-refractivity contribution >= 4 is 39.3 Å². The lowest BCUT2D eigenvalue weighted by Crippen LogP contribution is -2.06. The number of nitrogens with zero attached hydrogens (tertiary/aromatic N) is 2. The van der Waals surface area contributed by atoms with Crippen molar-refractivity contribution in [2.24, 2.45) is 0 Å². The number of halogens is 1. The van der Waals surface area contributed by atoms with Crippen LogP contribution < -0.4 is 5.73 Å². The van der Waals surface area contributed by atoms with Crippen molar-refractivity contribution < 1.29 is 9.53 Å². The summed E-state index contributed by atoms with van der Waals surface area (Å²) in [6.45, 7) is 0. The van der Waals surface area contributed by atoms with Crippen LogP contribution in [0.2, 0.25) is 0 Å². The number of pyridine rings is 2. The highest BCUT2D eigenvalue weighted by molar-refractivity contribution is 9.10. The first-order valence-corrected chi connectivity index (χ1v) is 6.85. The number of nitrogens with two attached hydrogens (primary N) is 1. The predicted octanol–water partition coefficient (Wildman–Crippen LogP) is 2.76. The molecule has 0 aliphatic rings. The summed E-state index contributed by atoms with van der Waals surface area (Å²) in [5.41, 5.74) is 6.28. The molecule has 0 atom stereocenters. The second-order valence-electron chi connectivity index (χ2n) is 3.49. The van der Waals surface area contributed by atoms with Gasteiger partial charge in [-0.05, 0) is 45.9 Å². The summed E-state index contributed by atoms with van der Waals surface area (Å²) in [7, 11) is 1.31. The number of nitrogen functional groups attached to an aromatic ring is 1. The van der Waals surface area contributed by atoms with Crippen molar-refractivity contribution in [3.8, 4) is 0 Å². The number of carbonyl (C=O) groups excluding carboxylic acids is 1. The van der Waals surface area contributed by atoms with Crippen molar-refractivity contribution in [2.45, 2.75) is 10.1 Å². The topological polar surface area (TPSA) is 78.1 Å². The largest absolute Gasteiger partial charge is 0.465 e. The molecule has 0 bridgehead atoms. The first-order chi connectivity index (χ1) is 9.11. The predicted molar refractivity (Wildman–Crippen MR) is 76.0 cm³/mol. The van der Waals surface area contributed by atoms with Crippen LogP contribution in [0.3, 0.4) is 0 Å². The molecule has 2 aromatic rings. The van der Waals surface area contributed by atoms with Gasteiger partial charge in [-0.25, -0.2) is 14.8 Å². The molecule has 0 fully saturated rings. The first kappa shape index (κ1) is 13.8. The smallest absolute Gasteiger partial charge is 0.340 e. The number of aromatic nitrogens is 2. The third-order valence-electron chi connectivity index (χ3n) is 2.24. The molecule has 98 valence electrons. The Labute approximate surface area is 122 Å². The molecular formula is C12H10BrN3O2S. The summed E-state index contributed by atoms with van der Waals surface area (Å²) < 4.78 is 5.52. The Morgan fingerprint density at radius 3 is 2.95 bits per heavy atom. The molecule has 0 aliphatic carbocycles. The summed E-state index contributed by atoms with van der Waals surface area (Å²) in [5.74, 6) is -0.484. The van der Waals surface area contributed by atoms with Crippen molar-refractivity contribution in [2.75, 3.05) is 12.8 Å². The van der Waals surface area contributed by atoms with Gasteiger partial charge in [0, 0.05) is 6.20 Å². The number of methoxy groups -OCH3 is 1. The van der Waals surface area contributed by atoms with E-state index in [1.165, 1.54) is 25.1 Å². The zero-order chi connectivity index (χ0) is 13.8. The Morgan fingerprint density at radius 2 is 2.26 bits per heavy atom. The molecule has 2 aromatic heterocycles. The number of ether oxygens (including phenoxy) is 1. The van der Waals surface area contributed by atoms with E-state index in [-0.39, 0.29) is 5.69 Å². The van der Waals surface area contributed by atoms with Gasteiger partial charge in [0.05, 0.1) is 29.0 Å². The van der Waals surface area contributed by atoms with E-state index >= 15 is 0 Å². The van der Waals surface area contributed by atoms with Crippen LogP contribution >= 0.6 is 27.7 Å². The molecule has 0 radical (unpaired) electrons. The van der Waals surface area contributed by atoms with Gasteiger partial charge >= 0.3 is 5.97 Å². The maximum atomic E-state index is 11.5. The van der Waals surface area contributed by atoms with Gasteiger partial charge in [-0.3, -0.25) is 0 Å². The lowest BCUT2D eigenvalue weighted by molar-refractivity contribution is 0.0601. The third-order valence-corrected chi connectivity index (χ3v) is 4.09. The van der Waals surface area contributed by atoms with E-state index < -0.39 is 5.97 Å². The minimum Gasteiger partial charge on any atom is -0.465 e. The van der Waals surface area contributed by atoms with Crippen molar-refractivity contribution in [1.82, 2.24) is 9.97 Å². The average Bonchev–Trinajstić information content (AvgIpc) is 2.42. The molecule has 2 rings (SSSR count). The molecule has 0 amide bonds. The highest BCUT2D eigenvalue weighted by Gasteiger charge is 2.13. The van der Waals surface area contributed by atoms with Gasteiger partial charge in [-0.15, -0.1) is 0 Å². The number of hydrogen-bond acceptors (Lipinski definition) is 6. The van der Waals surface area contributed by atoms with Crippen LogP contribution in [0.25, 0.3) is 0 Å². The molecule has 2 heterocycles. The zero-order valence-electron chi connectivity index (χ0n) is 9.96. The fraction of sp³-hybridized carbons (Fsp3) is 0.0833. The molecule has 0 aliphatic heterocycles. The fourth-order valence-electron chi connectivity index (χ4n) is 1.33. The minimum atomic E-state index is -0.484. The number of anilines is 1. The molecule has 0 saturated carbocycles. The number of esters is 1. The Kier molecular flexibility index (Phi) is 4.39. The molecule has 0 aromatic carbocycles. The first-order valence-electron chi connectivity index (χ1n) is 5.24. The molecule has 0 saturated heterocycles. The molecule has 0 unspecified atom stereocenters. The Bertz CT molecular complexity index is 622. The molecule has 19 heavy (non-hydrogen) atoms. The van der Waals surface area contributed by atoms with Gasteiger partial charge in [0.1, 0.15) is 10.1 Å².